The predicted octanol–water partition coefficient (Wildman–Crippen LogP) is 0.773. The minimum absolute atomic E-state index is 0. The number of hydrogen-bond acceptors (Lipinski definition) is 1. The number of benzene rings is 1. The molecular formula is C13H19N2NaO. The van der Waals surface area contributed by atoms with E-state index in [1.807, 2.05) is 45.9 Å². The standard InChI is InChI=1S/C13H20N2O.Na/c1-9(2)15(5)13(16)14-12-10(3)7-6-8-11(12)4;/h6-9H,1-5H3,(H,14,16);/q;+1/p-1. The van der Waals surface area contributed by atoms with Crippen LogP contribution in [-0.4, -0.2) is 24.0 Å². The fourth-order valence-corrected chi connectivity index (χ4v) is 1.38. The van der Waals surface area contributed by atoms with E-state index in [1.54, 1.807) is 11.9 Å². The summed E-state index contributed by atoms with van der Waals surface area (Å²) in [5.41, 5.74) is 2.86. The maximum Gasteiger partial charge on any atom is 1.00 e. The number of para-hydroxylation sites is 1. The van der Waals surface area contributed by atoms with Crippen LogP contribution in [0.5, 0.6) is 0 Å². The Morgan fingerprint density at radius 1 is 1.24 bits per heavy atom. The first-order valence-corrected chi connectivity index (χ1v) is 5.48. The second kappa shape index (κ2) is 7.04. The van der Waals surface area contributed by atoms with E-state index in [1.165, 1.54) is 0 Å². The maximum absolute atomic E-state index is 11.8. The molecule has 0 aliphatic heterocycles. The molecule has 0 aromatic heterocycles. The normalized spacial score (nSPS) is 9.76. The molecule has 1 aromatic rings. The smallest absolute Gasteiger partial charge is 0.437 e. The van der Waals surface area contributed by atoms with Crippen LogP contribution < -0.4 is 29.6 Å². The molecule has 0 saturated heterocycles. The Hall–Kier alpha value is -0.510. The molecule has 2 amide bonds. The Balaban J connectivity index is 0.00000256. The van der Waals surface area contributed by atoms with Crippen molar-refractivity contribution < 1.29 is 34.4 Å². The number of aryl methyl sites for hydroxylation is 2. The SMILES string of the molecule is Cc1cccc(C)c1[N-]C(=O)N(C)C(C)C.[Na+]. The van der Waals surface area contributed by atoms with Crippen LogP contribution in [0.25, 0.3) is 5.32 Å². The summed E-state index contributed by atoms with van der Waals surface area (Å²) >= 11 is 0. The summed E-state index contributed by atoms with van der Waals surface area (Å²) < 4.78 is 0. The van der Waals surface area contributed by atoms with Gasteiger partial charge in [-0.05, 0) is 36.7 Å². The summed E-state index contributed by atoms with van der Waals surface area (Å²) in [6.45, 7) is 7.87. The molecule has 0 saturated carbocycles. The zero-order chi connectivity index (χ0) is 12.3. The third kappa shape index (κ3) is 4.34. The first-order valence-electron chi connectivity index (χ1n) is 5.48. The fourth-order valence-electron chi connectivity index (χ4n) is 1.38. The molecule has 0 unspecified atom stereocenters. The van der Waals surface area contributed by atoms with Crippen molar-refractivity contribution in [2.75, 3.05) is 7.05 Å². The van der Waals surface area contributed by atoms with Crippen molar-refractivity contribution in [1.29, 1.82) is 0 Å². The quantitative estimate of drug-likeness (QED) is 0.705. The van der Waals surface area contributed by atoms with Crippen molar-refractivity contribution in [2.24, 2.45) is 0 Å². The Kier molecular flexibility index (Phi) is 6.83. The van der Waals surface area contributed by atoms with Crippen molar-refractivity contribution in [3.8, 4) is 0 Å². The van der Waals surface area contributed by atoms with Crippen LogP contribution in [0.4, 0.5) is 10.5 Å². The molecule has 0 heterocycles. The largest absolute Gasteiger partial charge is 1.00 e. The fraction of sp³-hybridized carbons (Fsp3) is 0.462. The van der Waals surface area contributed by atoms with Crippen LogP contribution in [0, 0.1) is 13.8 Å². The zero-order valence-electron chi connectivity index (χ0n) is 11.6. The van der Waals surface area contributed by atoms with E-state index in [-0.39, 0.29) is 41.6 Å². The summed E-state index contributed by atoms with van der Waals surface area (Å²) in [6.07, 6.45) is 0. The summed E-state index contributed by atoms with van der Waals surface area (Å²) in [4.78, 5) is 13.4. The Morgan fingerprint density at radius 2 is 1.71 bits per heavy atom. The van der Waals surface area contributed by atoms with Gasteiger partial charge in [-0.2, -0.15) is 0 Å². The molecular weight excluding hydrogens is 223 g/mol. The Labute approximate surface area is 126 Å². The Bertz CT molecular complexity index is 371. The van der Waals surface area contributed by atoms with E-state index >= 15 is 0 Å². The van der Waals surface area contributed by atoms with Crippen LogP contribution in [0.1, 0.15) is 25.0 Å². The van der Waals surface area contributed by atoms with Crippen molar-refractivity contribution >= 4 is 11.7 Å². The summed E-state index contributed by atoms with van der Waals surface area (Å²) in [5, 5.41) is 4.17. The molecule has 3 nitrogen and oxygen atoms in total. The van der Waals surface area contributed by atoms with E-state index in [4.69, 9.17) is 0 Å². The number of carbonyl (C=O) groups excluding carboxylic acids is 1. The van der Waals surface area contributed by atoms with E-state index in [0.717, 1.165) is 16.8 Å². The van der Waals surface area contributed by atoms with Gasteiger partial charge in [-0.25, -0.2) is 0 Å². The van der Waals surface area contributed by atoms with E-state index < -0.39 is 0 Å². The molecule has 17 heavy (non-hydrogen) atoms. The molecule has 0 atom stereocenters. The summed E-state index contributed by atoms with van der Waals surface area (Å²) in [6, 6.07) is 5.89. The molecule has 0 spiro atoms. The van der Waals surface area contributed by atoms with Gasteiger partial charge in [-0.1, -0.05) is 39.1 Å². The number of nitrogens with zero attached hydrogens (tertiary/aromatic N) is 2. The number of amides is 2. The average Bonchev–Trinajstić information content (AvgIpc) is 2.22. The molecule has 88 valence electrons. The van der Waals surface area contributed by atoms with E-state index in [9.17, 15) is 4.79 Å². The second-order valence-electron chi connectivity index (χ2n) is 4.34. The van der Waals surface area contributed by atoms with Crippen LogP contribution >= 0.6 is 0 Å². The topological polar surface area (TPSA) is 34.4 Å². The molecule has 0 bridgehead atoms. The molecule has 1 rings (SSSR count). The number of hydrogen-bond donors (Lipinski definition) is 0. The molecule has 4 heteroatoms. The van der Waals surface area contributed by atoms with Gasteiger partial charge in [-0.3, -0.25) is 4.79 Å². The van der Waals surface area contributed by atoms with Gasteiger partial charge in [-0.15, -0.1) is 0 Å². The van der Waals surface area contributed by atoms with E-state index in [0.29, 0.717) is 0 Å². The summed E-state index contributed by atoms with van der Waals surface area (Å²) in [5.74, 6) is 0. The van der Waals surface area contributed by atoms with Gasteiger partial charge in [0.15, 0.2) is 6.03 Å². The Morgan fingerprint density at radius 3 is 2.12 bits per heavy atom. The van der Waals surface area contributed by atoms with Gasteiger partial charge in [0, 0.05) is 0 Å². The van der Waals surface area contributed by atoms with Gasteiger partial charge in [0.2, 0.25) is 0 Å². The molecule has 1 aromatic carbocycles. The third-order valence-corrected chi connectivity index (χ3v) is 2.72. The monoisotopic (exact) mass is 242 g/mol. The first-order chi connectivity index (χ1) is 7.43. The van der Waals surface area contributed by atoms with Gasteiger partial charge < -0.3 is 10.2 Å². The number of rotatable bonds is 2. The van der Waals surface area contributed by atoms with Crippen molar-refractivity contribution in [2.45, 2.75) is 33.7 Å². The minimum atomic E-state index is -0.188. The third-order valence-electron chi connectivity index (χ3n) is 2.72. The van der Waals surface area contributed by atoms with Gasteiger partial charge in [0.25, 0.3) is 0 Å². The molecule has 0 radical (unpaired) electrons. The summed E-state index contributed by atoms with van der Waals surface area (Å²) in [7, 11) is 1.77. The van der Waals surface area contributed by atoms with Crippen LogP contribution in [-0.2, 0) is 0 Å². The van der Waals surface area contributed by atoms with Crippen molar-refractivity contribution in [1.82, 2.24) is 4.90 Å². The maximum atomic E-state index is 11.8. The van der Waals surface area contributed by atoms with Crippen molar-refractivity contribution in [3.63, 3.8) is 0 Å². The number of carbonyl (C=O) groups is 1. The molecule has 0 aliphatic rings. The molecule has 0 aliphatic carbocycles. The zero-order valence-corrected chi connectivity index (χ0v) is 13.6. The van der Waals surface area contributed by atoms with Gasteiger partial charge in [0.1, 0.15) is 0 Å². The van der Waals surface area contributed by atoms with E-state index in [2.05, 4.69) is 5.32 Å². The molecule has 0 fully saturated rings. The molecule has 0 N–H and O–H groups in total. The van der Waals surface area contributed by atoms with Crippen LogP contribution in [0.3, 0.4) is 0 Å². The minimum Gasteiger partial charge on any atom is -0.437 e. The number of urea groups is 1. The predicted molar refractivity (Wildman–Crippen MR) is 67.2 cm³/mol. The van der Waals surface area contributed by atoms with Crippen molar-refractivity contribution in [3.05, 3.63) is 34.6 Å². The first kappa shape index (κ1) is 16.5. The van der Waals surface area contributed by atoms with Crippen LogP contribution in [0.15, 0.2) is 18.2 Å². The second-order valence-corrected chi connectivity index (χ2v) is 4.34. The van der Waals surface area contributed by atoms with Gasteiger partial charge >= 0.3 is 29.6 Å². The van der Waals surface area contributed by atoms with Gasteiger partial charge in [0.05, 0.1) is 0 Å². The van der Waals surface area contributed by atoms with Crippen LogP contribution in [0.2, 0.25) is 0 Å². The average molecular weight is 242 g/mol.